The van der Waals surface area contributed by atoms with Gasteiger partial charge in [-0.2, -0.15) is 0 Å². The van der Waals surface area contributed by atoms with Gasteiger partial charge in [-0.05, 0) is 17.2 Å². The van der Waals surface area contributed by atoms with Gasteiger partial charge < -0.3 is 9.84 Å². The molecule has 0 amide bonds. The first-order chi connectivity index (χ1) is 8.79. The van der Waals surface area contributed by atoms with Gasteiger partial charge in [-0.1, -0.05) is 55.1 Å². The van der Waals surface area contributed by atoms with Gasteiger partial charge in [0, 0.05) is 5.56 Å². The molecule has 2 aromatic carbocycles. The van der Waals surface area contributed by atoms with E-state index in [1.165, 1.54) is 0 Å². The van der Waals surface area contributed by atoms with Crippen molar-refractivity contribution in [3.8, 4) is 0 Å². The maximum absolute atomic E-state index is 9.08. The topological polar surface area (TPSA) is 29.5 Å². The van der Waals surface area contributed by atoms with Crippen molar-refractivity contribution < 1.29 is 9.84 Å². The molecule has 2 rings (SSSR count). The second-order valence-corrected chi connectivity index (χ2v) is 4.06. The largest absolute Gasteiger partial charge is 0.489 e. The van der Waals surface area contributed by atoms with Gasteiger partial charge in [0.05, 0.1) is 6.61 Å². The molecule has 0 fully saturated rings. The zero-order chi connectivity index (χ0) is 12.8. The van der Waals surface area contributed by atoms with E-state index in [0.29, 0.717) is 12.4 Å². The highest BCUT2D eigenvalue weighted by Crippen LogP contribution is 2.17. The minimum Gasteiger partial charge on any atom is -0.489 e. The maximum atomic E-state index is 9.08. The number of hydrogen-bond acceptors (Lipinski definition) is 2. The van der Waals surface area contributed by atoms with Gasteiger partial charge in [-0.15, -0.1) is 0 Å². The van der Waals surface area contributed by atoms with Crippen LogP contribution in [0, 0.1) is 0 Å². The summed E-state index contributed by atoms with van der Waals surface area (Å²) >= 11 is 0. The van der Waals surface area contributed by atoms with Crippen molar-refractivity contribution in [2.45, 2.75) is 13.2 Å². The molecule has 0 saturated carbocycles. The van der Waals surface area contributed by atoms with Crippen molar-refractivity contribution in [1.82, 2.24) is 0 Å². The summed E-state index contributed by atoms with van der Waals surface area (Å²) < 4.78 is 5.64. The Bertz CT molecular complexity index is 518. The van der Waals surface area contributed by atoms with Crippen LogP contribution in [0.3, 0.4) is 0 Å². The minimum absolute atomic E-state index is 0.0276. The van der Waals surface area contributed by atoms with Crippen molar-refractivity contribution in [3.63, 3.8) is 0 Å². The SMILES string of the molecule is C=C(OCc1ccccc1)c1cccc(CO)c1. The molecule has 0 aromatic heterocycles. The number of rotatable bonds is 5. The Labute approximate surface area is 107 Å². The van der Waals surface area contributed by atoms with Crippen LogP contribution in [-0.2, 0) is 18.0 Å². The van der Waals surface area contributed by atoms with Gasteiger partial charge in [0.15, 0.2) is 0 Å². The molecule has 0 unspecified atom stereocenters. The number of ether oxygens (including phenoxy) is 1. The predicted molar refractivity (Wildman–Crippen MR) is 72.6 cm³/mol. The molecular weight excluding hydrogens is 224 g/mol. The summed E-state index contributed by atoms with van der Waals surface area (Å²) in [5, 5.41) is 9.08. The molecule has 2 heteroatoms. The van der Waals surface area contributed by atoms with E-state index in [2.05, 4.69) is 6.58 Å². The lowest BCUT2D eigenvalue weighted by atomic mass is 10.1. The second-order valence-electron chi connectivity index (χ2n) is 4.06. The molecule has 0 atom stereocenters. The first-order valence-corrected chi connectivity index (χ1v) is 5.85. The first kappa shape index (κ1) is 12.4. The Morgan fingerprint density at radius 2 is 1.72 bits per heavy atom. The predicted octanol–water partition coefficient (Wildman–Crippen LogP) is 3.37. The van der Waals surface area contributed by atoms with Gasteiger partial charge in [0.1, 0.15) is 12.4 Å². The van der Waals surface area contributed by atoms with Crippen LogP contribution < -0.4 is 0 Å². The first-order valence-electron chi connectivity index (χ1n) is 5.85. The summed E-state index contributed by atoms with van der Waals surface area (Å²) in [5.74, 6) is 0.620. The van der Waals surface area contributed by atoms with Gasteiger partial charge in [-0.25, -0.2) is 0 Å². The molecule has 0 aliphatic heterocycles. The van der Waals surface area contributed by atoms with E-state index in [9.17, 15) is 0 Å². The van der Waals surface area contributed by atoms with Crippen molar-refractivity contribution in [3.05, 3.63) is 77.9 Å². The molecule has 2 nitrogen and oxygen atoms in total. The third kappa shape index (κ3) is 3.22. The zero-order valence-corrected chi connectivity index (χ0v) is 10.2. The van der Waals surface area contributed by atoms with Crippen LogP contribution in [0.2, 0.25) is 0 Å². The minimum atomic E-state index is 0.0276. The molecule has 0 radical (unpaired) electrons. The smallest absolute Gasteiger partial charge is 0.119 e. The Morgan fingerprint density at radius 1 is 1.00 bits per heavy atom. The molecule has 18 heavy (non-hydrogen) atoms. The fourth-order valence-electron chi connectivity index (χ4n) is 1.67. The van der Waals surface area contributed by atoms with Crippen LogP contribution in [0.1, 0.15) is 16.7 Å². The summed E-state index contributed by atoms with van der Waals surface area (Å²) in [6.45, 7) is 4.44. The highest BCUT2D eigenvalue weighted by atomic mass is 16.5. The highest BCUT2D eigenvalue weighted by molar-refractivity contribution is 5.58. The normalized spacial score (nSPS) is 10.1. The lowest BCUT2D eigenvalue weighted by molar-refractivity contribution is 0.265. The van der Waals surface area contributed by atoms with Crippen molar-refractivity contribution in [1.29, 1.82) is 0 Å². The van der Waals surface area contributed by atoms with Crippen molar-refractivity contribution in [2.75, 3.05) is 0 Å². The van der Waals surface area contributed by atoms with E-state index in [0.717, 1.165) is 16.7 Å². The van der Waals surface area contributed by atoms with E-state index < -0.39 is 0 Å². The van der Waals surface area contributed by atoms with Gasteiger partial charge in [0.25, 0.3) is 0 Å². The van der Waals surface area contributed by atoms with Crippen LogP contribution in [-0.4, -0.2) is 5.11 Å². The molecule has 0 bridgehead atoms. The molecule has 2 aromatic rings. The van der Waals surface area contributed by atoms with E-state index >= 15 is 0 Å². The second kappa shape index (κ2) is 6.03. The molecule has 0 saturated heterocycles. The average Bonchev–Trinajstić information content (AvgIpc) is 2.46. The number of benzene rings is 2. The molecule has 0 spiro atoms. The Morgan fingerprint density at radius 3 is 2.44 bits per heavy atom. The van der Waals surface area contributed by atoms with E-state index in [-0.39, 0.29) is 6.61 Å². The van der Waals surface area contributed by atoms with Crippen LogP contribution >= 0.6 is 0 Å². The van der Waals surface area contributed by atoms with Crippen LogP contribution in [0.25, 0.3) is 5.76 Å². The quantitative estimate of drug-likeness (QED) is 0.812. The molecule has 1 N–H and O–H groups in total. The monoisotopic (exact) mass is 240 g/mol. The van der Waals surface area contributed by atoms with Gasteiger partial charge >= 0.3 is 0 Å². The fraction of sp³-hybridized carbons (Fsp3) is 0.125. The summed E-state index contributed by atoms with van der Waals surface area (Å²) in [6.07, 6.45) is 0. The van der Waals surface area contributed by atoms with Crippen LogP contribution in [0.15, 0.2) is 61.2 Å². The average molecular weight is 240 g/mol. The summed E-state index contributed by atoms with van der Waals surface area (Å²) in [6, 6.07) is 17.5. The maximum Gasteiger partial charge on any atom is 0.119 e. The van der Waals surface area contributed by atoms with Crippen molar-refractivity contribution in [2.24, 2.45) is 0 Å². The molecule has 0 aliphatic carbocycles. The number of aliphatic hydroxyl groups excluding tert-OH is 1. The van der Waals surface area contributed by atoms with Gasteiger partial charge in [0.2, 0.25) is 0 Å². The van der Waals surface area contributed by atoms with Crippen molar-refractivity contribution >= 4 is 5.76 Å². The standard InChI is InChI=1S/C16H16O2/c1-13(16-9-5-8-15(10-16)11-17)18-12-14-6-3-2-4-7-14/h2-10,17H,1,11-12H2. The number of aliphatic hydroxyl groups is 1. The Balaban J connectivity index is 1.99. The Kier molecular flexibility index (Phi) is 4.15. The van der Waals surface area contributed by atoms with Crippen LogP contribution in [0.4, 0.5) is 0 Å². The summed E-state index contributed by atoms with van der Waals surface area (Å²) in [5.41, 5.74) is 2.87. The lowest BCUT2D eigenvalue weighted by Crippen LogP contribution is -1.93. The summed E-state index contributed by atoms with van der Waals surface area (Å²) in [7, 11) is 0. The highest BCUT2D eigenvalue weighted by Gasteiger charge is 2.01. The summed E-state index contributed by atoms with van der Waals surface area (Å²) in [4.78, 5) is 0. The molecule has 0 heterocycles. The zero-order valence-electron chi connectivity index (χ0n) is 10.2. The van der Waals surface area contributed by atoms with E-state index in [1.54, 1.807) is 0 Å². The third-order valence-corrected chi connectivity index (χ3v) is 2.69. The molecular formula is C16H16O2. The van der Waals surface area contributed by atoms with E-state index in [1.807, 2.05) is 54.6 Å². The molecule has 92 valence electrons. The third-order valence-electron chi connectivity index (χ3n) is 2.69. The Hall–Kier alpha value is -2.06. The van der Waals surface area contributed by atoms with Crippen LogP contribution in [0.5, 0.6) is 0 Å². The lowest BCUT2D eigenvalue weighted by Gasteiger charge is -2.10. The van der Waals surface area contributed by atoms with Gasteiger partial charge in [-0.3, -0.25) is 0 Å². The van der Waals surface area contributed by atoms with E-state index in [4.69, 9.17) is 9.84 Å². The number of hydrogen-bond donors (Lipinski definition) is 1. The fourth-order valence-corrected chi connectivity index (χ4v) is 1.67. The molecule has 0 aliphatic rings.